The molecular formula is C11H10FNO2. The number of aryl methyl sites for hydroxylation is 1. The van der Waals surface area contributed by atoms with Crippen LogP contribution in [0, 0.1) is 12.7 Å². The van der Waals surface area contributed by atoms with E-state index in [2.05, 4.69) is 4.98 Å². The number of aliphatic hydroxyl groups is 1. The minimum Gasteiger partial charge on any atom is -0.466 e. The lowest BCUT2D eigenvalue weighted by atomic mass is 10.1. The van der Waals surface area contributed by atoms with Gasteiger partial charge in [0, 0.05) is 11.8 Å². The van der Waals surface area contributed by atoms with Crippen molar-refractivity contribution >= 4 is 0 Å². The Labute approximate surface area is 86.2 Å². The Morgan fingerprint density at radius 3 is 2.87 bits per heavy atom. The van der Waals surface area contributed by atoms with Crippen molar-refractivity contribution in [2.24, 2.45) is 0 Å². The third-order valence-electron chi connectivity index (χ3n) is 2.25. The molecule has 2 heterocycles. The van der Waals surface area contributed by atoms with E-state index in [1.54, 1.807) is 13.0 Å². The van der Waals surface area contributed by atoms with Gasteiger partial charge in [-0.25, -0.2) is 4.39 Å². The van der Waals surface area contributed by atoms with E-state index in [1.807, 2.05) is 0 Å². The molecule has 0 fully saturated rings. The standard InChI is InChI=1S/C11H10FNO2/c1-7-3-5-15-11(7)10(14)8-2-4-13-6-9(8)12/h2-6,10,14H,1H3. The van der Waals surface area contributed by atoms with Crippen molar-refractivity contribution in [1.29, 1.82) is 0 Å². The summed E-state index contributed by atoms with van der Waals surface area (Å²) in [4.78, 5) is 3.61. The predicted molar refractivity (Wildman–Crippen MR) is 51.7 cm³/mol. The molecule has 15 heavy (non-hydrogen) atoms. The maximum atomic E-state index is 13.3. The van der Waals surface area contributed by atoms with E-state index in [9.17, 15) is 9.50 Å². The van der Waals surface area contributed by atoms with Crippen LogP contribution in [-0.4, -0.2) is 10.1 Å². The summed E-state index contributed by atoms with van der Waals surface area (Å²) < 4.78 is 18.4. The molecule has 1 unspecified atom stereocenters. The zero-order valence-corrected chi connectivity index (χ0v) is 8.14. The number of aliphatic hydroxyl groups excluding tert-OH is 1. The highest BCUT2D eigenvalue weighted by atomic mass is 19.1. The minimum atomic E-state index is -1.08. The van der Waals surface area contributed by atoms with Crippen molar-refractivity contribution in [3.8, 4) is 0 Å². The molecule has 0 saturated heterocycles. The van der Waals surface area contributed by atoms with Gasteiger partial charge in [0.1, 0.15) is 17.7 Å². The van der Waals surface area contributed by atoms with E-state index < -0.39 is 11.9 Å². The number of halogens is 1. The summed E-state index contributed by atoms with van der Waals surface area (Å²) in [7, 11) is 0. The van der Waals surface area contributed by atoms with Gasteiger partial charge in [-0.3, -0.25) is 4.98 Å². The summed E-state index contributed by atoms with van der Waals surface area (Å²) >= 11 is 0. The lowest BCUT2D eigenvalue weighted by Crippen LogP contribution is -2.03. The van der Waals surface area contributed by atoms with Gasteiger partial charge in [-0.15, -0.1) is 0 Å². The van der Waals surface area contributed by atoms with E-state index >= 15 is 0 Å². The number of pyridine rings is 1. The molecule has 4 heteroatoms. The van der Waals surface area contributed by atoms with Gasteiger partial charge in [-0.1, -0.05) is 0 Å². The van der Waals surface area contributed by atoms with Crippen LogP contribution in [-0.2, 0) is 0 Å². The first-order valence-electron chi connectivity index (χ1n) is 4.51. The van der Waals surface area contributed by atoms with Gasteiger partial charge >= 0.3 is 0 Å². The van der Waals surface area contributed by atoms with Crippen molar-refractivity contribution < 1.29 is 13.9 Å². The average molecular weight is 207 g/mol. The smallest absolute Gasteiger partial charge is 0.147 e. The summed E-state index contributed by atoms with van der Waals surface area (Å²) in [5.74, 6) is -0.180. The van der Waals surface area contributed by atoms with E-state index in [-0.39, 0.29) is 5.56 Å². The Kier molecular flexibility index (Phi) is 2.51. The molecule has 1 N–H and O–H groups in total. The molecule has 0 aromatic carbocycles. The molecule has 0 radical (unpaired) electrons. The van der Waals surface area contributed by atoms with Crippen LogP contribution < -0.4 is 0 Å². The highest BCUT2D eigenvalue weighted by molar-refractivity contribution is 5.28. The van der Waals surface area contributed by atoms with Crippen molar-refractivity contribution in [3.63, 3.8) is 0 Å². The fourth-order valence-corrected chi connectivity index (χ4v) is 1.41. The van der Waals surface area contributed by atoms with Crippen molar-refractivity contribution in [1.82, 2.24) is 4.98 Å². The van der Waals surface area contributed by atoms with Gasteiger partial charge in [0.05, 0.1) is 12.5 Å². The van der Waals surface area contributed by atoms with Crippen molar-refractivity contribution in [3.05, 3.63) is 53.5 Å². The van der Waals surface area contributed by atoms with Gasteiger partial charge in [0.15, 0.2) is 0 Å². The zero-order chi connectivity index (χ0) is 10.8. The van der Waals surface area contributed by atoms with Crippen LogP contribution in [0.2, 0.25) is 0 Å². The zero-order valence-electron chi connectivity index (χ0n) is 8.14. The topological polar surface area (TPSA) is 46.3 Å². The molecule has 0 bridgehead atoms. The number of hydrogen-bond acceptors (Lipinski definition) is 3. The maximum Gasteiger partial charge on any atom is 0.147 e. The Morgan fingerprint density at radius 2 is 2.27 bits per heavy atom. The van der Waals surface area contributed by atoms with Gasteiger partial charge in [-0.2, -0.15) is 0 Å². The molecule has 2 aromatic rings. The Balaban J connectivity index is 2.41. The Morgan fingerprint density at radius 1 is 1.47 bits per heavy atom. The molecule has 1 atom stereocenters. The van der Waals surface area contributed by atoms with Crippen LogP contribution in [0.3, 0.4) is 0 Å². The van der Waals surface area contributed by atoms with E-state index in [0.717, 1.165) is 11.8 Å². The largest absolute Gasteiger partial charge is 0.466 e. The molecule has 0 aliphatic heterocycles. The third kappa shape index (κ3) is 1.76. The first-order valence-corrected chi connectivity index (χ1v) is 4.51. The highest BCUT2D eigenvalue weighted by Gasteiger charge is 2.19. The van der Waals surface area contributed by atoms with Crippen LogP contribution in [0.5, 0.6) is 0 Å². The molecule has 78 valence electrons. The molecule has 0 saturated carbocycles. The fourth-order valence-electron chi connectivity index (χ4n) is 1.41. The Hall–Kier alpha value is -1.68. The highest BCUT2D eigenvalue weighted by Crippen LogP contribution is 2.26. The second-order valence-electron chi connectivity index (χ2n) is 3.27. The van der Waals surface area contributed by atoms with Gasteiger partial charge in [-0.05, 0) is 24.6 Å². The van der Waals surface area contributed by atoms with E-state index in [1.165, 1.54) is 18.5 Å². The molecule has 2 aromatic heterocycles. The summed E-state index contributed by atoms with van der Waals surface area (Å²) in [6.45, 7) is 1.79. The second kappa shape index (κ2) is 3.82. The SMILES string of the molecule is Cc1ccoc1C(O)c1ccncc1F. The summed E-state index contributed by atoms with van der Waals surface area (Å²) in [6.07, 6.45) is 2.88. The summed E-state index contributed by atoms with van der Waals surface area (Å²) in [5.41, 5.74) is 0.960. The number of furan rings is 1. The van der Waals surface area contributed by atoms with Crippen LogP contribution in [0.1, 0.15) is 23.0 Å². The molecule has 0 spiro atoms. The van der Waals surface area contributed by atoms with E-state index in [4.69, 9.17) is 4.42 Å². The number of aromatic nitrogens is 1. The molecule has 0 amide bonds. The first-order chi connectivity index (χ1) is 7.20. The Bertz CT molecular complexity index is 467. The van der Waals surface area contributed by atoms with Crippen molar-refractivity contribution in [2.75, 3.05) is 0 Å². The van der Waals surface area contributed by atoms with Crippen molar-refractivity contribution in [2.45, 2.75) is 13.0 Å². The maximum absolute atomic E-state index is 13.3. The summed E-state index contributed by atoms with van der Waals surface area (Å²) in [5, 5.41) is 9.88. The first kappa shape index (κ1) is 9.86. The van der Waals surface area contributed by atoms with Gasteiger partial charge in [0.25, 0.3) is 0 Å². The molecule has 0 aliphatic rings. The molecule has 3 nitrogen and oxygen atoms in total. The average Bonchev–Trinajstić information content (AvgIpc) is 2.64. The second-order valence-corrected chi connectivity index (χ2v) is 3.27. The number of rotatable bonds is 2. The normalized spacial score (nSPS) is 12.7. The third-order valence-corrected chi connectivity index (χ3v) is 2.25. The van der Waals surface area contributed by atoms with Crippen LogP contribution >= 0.6 is 0 Å². The number of nitrogens with zero attached hydrogens (tertiary/aromatic N) is 1. The lowest BCUT2D eigenvalue weighted by molar-refractivity contribution is 0.183. The number of hydrogen-bond donors (Lipinski definition) is 1. The predicted octanol–water partition coefficient (Wildman–Crippen LogP) is 2.20. The molecule has 0 aliphatic carbocycles. The van der Waals surface area contributed by atoms with Crippen LogP contribution in [0.15, 0.2) is 35.2 Å². The van der Waals surface area contributed by atoms with Gasteiger partial charge in [0.2, 0.25) is 0 Å². The quantitative estimate of drug-likeness (QED) is 0.821. The van der Waals surface area contributed by atoms with Crippen LogP contribution in [0.4, 0.5) is 4.39 Å². The molecular weight excluding hydrogens is 197 g/mol. The minimum absolute atomic E-state index is 0.169. The fraction of sp³-hybridized carbons (Fsp3) is 0.182. The van der Waals surface area contributed by atoms with Gasteiger partial charge < -0.3 is 9.52 Å². The monoisotopic (exact) mass is 207 g/mol. The molecule has 2 rings (SSSR count). The van der Waals surface area contributed by atoms with E-state index in [0.29, 0.717) is 5.76 Å². The lowest BCUT2D eigenvalue weighted by Gasteiger charge is -2.09. The summed E-state index contributed by atoms with van der Waals surface area (Å²) in [6, 6.07) is 3.15. The van der Waals surface area contributed by atoms with Crippen LogP contribution in [0.25, 0.3) is 0 Å².